The van der Waals surface area contributed by atoms with Gasteiger partial charge in [0.1, 0.15) is 5.75 Å². The lowest BCUT2D eigenvalue weighted by molar-refractivity contribution is 0.369. The molecule has 2 aromatic carbocycles. The van der Waals surface area contributed by atoms with Crippen molar-refractivity contribution in [3.05, 3.63) is 52.5 Å². The second-order valence-corrected chi connectivity index (χ2v) is 5.00. The molecule has 2 rings (SSSR count). The van der Waals surface area contributed by atoms with Gasteiger partial charge in [-0.25, -0.2) is 0 Å². The first-order chi connectivity index (χ1) is 10.1. The van der Waals surface area contributed by atoms with E-state index in [-0.39, 0.29) is 5.75 Å². The minimum Gasteiger partial charge on any atom is -0.504 e. The molecule has 21 heavy (non-hydrogen) atoms. The molecular formula is C16H18ClNO3. The number of aromatic hydroxyl groups is 1. The molecule has 0 fully saturated rings. The van der Waals surface area contributed by atoms with Crippen LogP contribution in [-0.2, 0) is 13.1 Å². The molecular weight excluding hydrogens is 290 g/mol. The Bertz CT molecular complexity index is 599. The largest absolute Gasteiger partial charge is 0.504 e. The highest BCUT2D eigenvalue weighted by Crippen LogP contribution is 2.33. The van der Waals surface area contributed by atoms with E-state index in [0.29, 0.717) is 29.4 Å². The Hall–Kier alpha value is -1.91. The summed E-state index contributed by atoms with van der Waals surface area (Å²) in [6.45, 7) is 1.17. The molecule has 0 aliphatic rings. The quantitative estimate of drug-likeness (QED) is 0.859. The fraction of sp³-hybridized carbons (Fsp3) is 0.250. The molecule has 112 valence electrons. The highest BCUT2D eigenvalue weighted by Gasteiger charge is 2.09. The first kappa shape index (κ1) is 15.5. The third-order valence-corrected chi connectivity index (χ3v) is 3.36. The Morgan fingerprint density at radius 1 is 1.05 bits per heavy atom. The molecule has 0 unspecified atom stereocenters. The summed E-state index contributed by atoms with van der Waals surface area (Å²) >= 11 is 6.00. The van der Waals surface area contributed by atoms with E-state index < -0.39 is 0 Å². The number of rotatable bonds is 6. The summed E-state index contributed by atoms with van der Waals surface area (Å²) in [7, 11) is 3.14. The Labute approximate surface area is 129 Å². The molecule has 0 aromatic heterocycles. The molecule has 0 aliphatic carbocycles. The molecule has 0 spiro atoms. The van der Waals surface area contributed by atoms with Gasteiger partial charge >= 0.3 is 0 Å². The Morgan fingerprint density at radius 3 is 2.38 bits per heavy atom. The lowest BCUT2D eigenvalue weighted by Crippen LogP contribution is -2.13. The van der Waals surface area contributed by atoms with E-state index in [1.54, 1.807) is 19.2 Å². The summed E-state index contributed by atoms with van der Waals surface area (Å²) in [5, 5.41) is 13.8. The number of phenols is 1. The number of halogens is 1. The molecule has 0 bridgehead atoms. The van der Waals surface area contributed by atoms with Crippen LogP contribution in [0.15, 0.2) is 36.4 Å². The van der Waals surface area contributed by atoms with E-state index in [0.717, 1.165) is 11.3 Å². The van der Waals surface area contributed by atoms with Crippen LogP contribution >= 0.6 is 11.6 Å². The number of hydrogen-bond donors (Lipinski definition) is 2. The summed E-state index contributed by atoms with van der Waals surface area (Å²) in [4.78, 5) is 0. The van der Waals surface area contributed by atoms with Gasteiger partial charge in [-0.2, -0.15) is 0 Å². The van der Waals surface area contributed by atoms with Gasteiger partial charge < -0.3 is 19.9 Å². The van der Waals surface area contributed by atoms with Gasteiger partial charge in [0.15, 0.2) is 11.5 Å². The van der Waals surface area contributed by atoms with Gasteiger partial charge in [-0.05, 0) is 23.8 Å². The van der Waals surface area contributed by atoms with Crippen LogP contribution in [0.4, 0.5) is 0 Å². The number of hydrogen-bond acceptors (Lipinski definition) is 4. The third-order valence-electron chi connectivity index (χ3n) is 3.14. The first-order valence-corrected chi connectivity index (χ1v) is 6.91. The Balaban J connectivity index is 1.98. The van der Waals surface area contributed by atoms with Gasteiger partial charge in [0.25, 0.3) is 0 Å². The predicted molar refractivity (Wildman–Crippen MR) is 83.2 cm³/mol. The van der Waals surface area contributed by atoms with Crippen LogP contribution in [0.1, 0.15) is 11.1 Å². The number of benzene rings is 2. The molecule has 2 aromatic rings. The summed E-state index contributed by atoms with van der Waals surface area (Å²) in [5.74, 6) is 1.32. The van der Waals surface area contributed by atoms with Crippen LogP contribution in [0.2, 0.25) is 5.02 Å². The lowest BCUT2D eigenvalue weighted by atomic mass is 10.1. The van der Waals surface area contributed by atoms with Gasteiger partial charge in [0.2, 0.25) is 0 Å². The molecule has 5 heteroatoms. The molecule has 4 nitrogen and oxygen atoms in total. The monoisotopic (exact) mass is 307 g/mol. The summed E-state index contributed by atoms with van der Waals surface area (Å²) in [6, 6.07) is 11.1. The third kappa shape index (κ3) is 4.03. The molecule has 0 atom stereocenters. The molecule has 0 amide bonds. The fourth-order valence-electron chi connectivity index (χ4n) is 2.00. The maximum Gasteiger partial charge on any atom is 0.162 e. The van der Waals surface area contributed by atoms with E-state index in [2.05, 4.69) is 5.32 Å². The summed E-state index contributed by atoms with van der Waals surface area (Å²) in [6.07, 6.45) is 0. The molecule has 0 aliphatic heterocycles. The van der Waals surface area contributed by atoms with Gasteiger partial charge in [-0.1, -0.05) is 23.7 Å². The summed E-state index contributed by atoms with van der Waals surface area (Å²) < 4.78 is 10.2. The van der Waals surface area contributed by atoms with Crippen LogP contribution in [-0.4, -0.2) is 19.3 Å². The van der Waals surface area contributed by atoms with Crippen molar-refractivity contribution in [3.63, 3.8) is 0 Å². The zero-order valence-corrected chi connectivity index (χ0v) is 12.8. The second kappa shape index (κ2) is 7.20. The van der Waals surface area contributed by atoms with Crippen molar-refractivity contribution in [2.75, 3.05) is 14.2 Å². The van der Waals surface area contributed by atoms with E-state index in [1.165, 1.54) is 7.11 Å². The number of methoxy groups -OCH3 is 2. The van der Waals surface area contributed by atoms with Crippen molar-refractivity contribution in [1.82, 2.24) is 5.32 Å². The number of ether oxygens (including phenoxy) is 2. The standard InChI is InChI=1S/C16H18ClNO3/c1-20-14-5-3-11(4-6-14)9-18-10-12-7-13(17)8-15(21-2)16(12)19/h3-8,18-19H,9-10H2,1-2H3. The van der Waals surface area contributed by atoms with Crippen molar-refractivity contribution in [1.29, 1.82) is 0 Å². The average Bonchev–Trinajstić information content (AvgIpc) is 2.51. The van der Waals surface area contributed by atoms with Crippen molar-refractivity contribution >= 4 is 11.6 Å². The number of phenolic OH excluding ortho intramolecular Hbond substituents is 1. The topological polar surface area (TPSA) is 50.7 Å². The van der Waals surface area contributed by atoms with Crippen LogP contribution in [0.25, 0.3) is 0 Å². The second-order valence-electron chi connectivity index (χ2n) is 4.57. The molecule has 2 N–H and O–H groups in total. The molecule has 0 heterocycles. The van der Waals surface area contributed by atoms with Crippen LogP contribution < -0.4 is 14.8 Å². The summed E-state index contributed by atoms with van der Waals surface area (Å²) in [5.41, 5.74) is 1.83. The van der Waals surface area contributed by atoms with Crippen LogP contribution in [0.5, 0.6) is 17.2 Å². The van der Waals surface area contributed by atoms with E-state index in [1.807, 2.05) is 24.3 Å². The molecule has 0 saturated carbocycles. The van der Waals surface area contributed by atoms with Crippen molar-refractivity contribution in [3.8, 4) is 17.2 Å². The molecule has 0 radical (unpaired) electrons. The SMILES string of the molecule is COc1ccc(CNCc2cc(Cl)cc(OC)c2O)cc1. The highest BCUT2D eigenvalue weighted by molar-refractivity contribution is 6.30. The Morgan fingerprint density at radius 2 is 1.76 bits per heavy atom. The van der Waals surface area contributed by atoms with Gasteiger partial charge in [-0.15, -0.1) is 0 Å². The zero-order valence-electron chi connectivity index (χ0n) is 12.0. The Kier molecular flexibility index (Phi) is 5.31. The van der Waals surface area contributed by atoms with Crippen LogP contribution in [0.3, 0.4) is 0 Å². The van der Waals surface area contributed by atoms with E-state index in [4.69, 9.17) is 21.1 Å². The van der Waals surface area contributed by atoms with Crippen molar-refractivity contribution < 1.29 is 14.6 Å². The highest BCUT2D eigenvalue weighted by atomic mass is 35.5. The maximum absolute atomic E-state index is 10.0. The fourth-order valence-corrected chi connectivity index (χ4v) is 2.23. The van der Waals surface area contributed by atoms with Gasteiger partial charge in [0.05, 0.1) is 14.2 Å². The van der Waals surface area contributed by atoms with Crippen molar-refractivity contribution in [2.24, 2.45) is 0 Å². The van der Waals surface area contributed by atoms with Crippen molar-refractivity contribution in [2.45, 2.75) is 13.1 Å². The first-order valence-electron chi connectivity index (χ1n) is 6.53. The minimum absolute atomic E-state index is 0.115. The maximum atomic E-state index is 10.0. The molecule has 0 saturated heterocycles. The van der Waals surface area contributed by atoms with Gasteiger partial charge in [-0.3, -0.25) is 0 Å². The number of nitrogens with one attached hydrogen (secondary N) is 1. The minimum atomic E-state index is 0.115. The normalized spacial score (nSPS) is 10.4. The van der Waals surface area contributed by atoms with E-state index >= 15 is 0 Å². The van der Waals surface area contributed by atoms with Crippen LogP contribution in [0, 0.1) is 0 Å². The lowest BCUT2D eigenvalue weighted by Gasteiger charge is -2.11. The van der Waals surface area contributed by atoms with Gasteiger partial charge in [0, 0.05) is 29.7 Å². The smallest absolute Gasteiger partial charge is 0.162 e. The predicted octanol–water partition coefficient (Wildman–Crippen LogP) is 3.35. The average molecular weight is 308 g/mol. The zero-order chi connectivity index (χ0) is 15.2. The van der Waals surface area contributed by atoms with E-state index in [9.17, 15) is 5.11 Å².